The molecule has 138 valence electrons. The van der Waals surface area contributed by atoms with E-state index in [1.807, 2.05) is 6.92 Å². The van der Waals surface area contributed by atoms with E-state index in [1.54, 1.807) is 24.4 Å². The predicted molar refractivity (Wildman–Crippen MR) is 96.3 cm³/mol. The molecule has 3 N–H and O–H groups in total. The molecule has 0 spiro atoms. The summed E-state index contributed by atoms with van der Waals surface area (Å²) in [5, 5.41) is 14.8. The van der Waals surface area contributed by atoms with Crippen LogP contribution in [0.5, 0.6) is 5.75 Å². The van der Waals surface area contributed by atoms with Gasteiger partial charge in [-0.15, -0.1) is 0 Å². The smallest absolute Gasteiger partial charge is 0.286 e. The van der Waals surface area contributed by atoms with Crippen LogP contribution in [-0.4, -0.2) is 27.7 Å². The zero-order chi connectivity index (χ0) is 19.2. The van der Waals surface area contributed by atoms with Gasteiger partial charge in [0.05, 0.1) is 11.7 Å². The number of alkyl halides is 2. The maximum absolute atomic E-state index is 12.9. The number of fused-ring (bicyclic) bond motifs is 1. The van der Waals surface area contributed by atoms with Crippen molar-refractivity contribution in [3.05, 3.63) is 42.1 Å². The summed E-state index contributed by atoms with van der Waals surface area (Å²) in [6.45, 7) is 2.55. The Morgan fingerprint density at radius 3 is 2.88 bits per heavy atom. The maximum Gasteiger partial charge on any atom is 0.286 e. The number of hydrogen-bond acceptors (Lipinski definition) is 4. The van der Waals surface area contributed by atoms with Crippen LogP contribution in [0.25, 0.3) is 17.0 Å². The van der Waals surface area contributed by atoms with Gasteiger partial charge in [0, 0.05) is 30.4 Å². The largest absolute Gasteiger partial charge is 0.379 e. The average molecular weight is 362 g/mol. The lowest BCUT2D eigenvalue weighted by Gasteiger charge is -2.09. The quantitative estimate of drug-likeness (QED) is 0.376. The Kier molecular flexibility index (Phi) is 6.21. The van der Waals surface area contributed by atoms with E-state index in [1.165, 1.54) is 12.2 Å². The molecule has 1 aromatic heterocycles. The third-order valence-electron chi connectivity index (χ3n) is 3.45. The molecule has 2 rings (SSSR count). The van der Waals surface area contributed by atoms with Gasteiger partial charge in [-0.05, 0) is 18.6 Å². The molecule has 1 aromatic carbocycles. The van der Waals surface area contributed by atoms with Crippen molar-refractivity contribution in [2.75, 3.05) is 0 Å². The number of hydrogen-bond donors (Lipinski definition) is 3. The van der Waals surface area contributed by atoms with Crippen LogP contribution in [0, 0.1) is 5.41 Å². The third kappa shape index (κ3) is 5.23. The molecular weight excluding hydrogens is 342 g/mol. The first-order chi connectivity index (χ1) is 12.3. The normalized spacial score (nSPS) is 12.2. The van der Waals surface area contributed by atoms with Gasteiger partial charge in [-0.1, -0.05) is 25.2 Å². The van der Waals surface area contributed by atoms with Gasteiger partial charge < -0.3 is 4.84 Å². The number of allylic oxidation sites excluding steroid dienone is 3. The minimum Gasteiger partial charge on any atom is -0.379 e. The van der Waals surface area contributed by atoms with E-state index in [9.17, 15) is 13.6 Å². The van der Waals surface area contributed by atoms with Crippen molar-refractivity contribution in [1.82, 2.24) is 15.7 Å². The topological polar surface area (TPSA) is 90.9 Å². The zero-order valence-corrected chi connectivity index (χ0v) is 14.5. The fourth-order valence-corrected chi connectivity index (χ4v) is 2.06. The van der Waals surface area contributed by atoms with Gasteiger partial charge in [0.25, 0.3) is 11.8 Å². The van der Waals surface area contributed by atoms with Crippen LogP contribution in [0.1, 0.15) is 32.3 Å². The first-order valence-electron chi connectivity index (χ1n) is 8.05. The van der Waals surface area contributed by atoms with Gasteiger partial charge in [0.2, 0.25) is 0 Å². The Morgan fingerprint density at radius 2 is 2.19 bits per heavy atom. The Balaban J connectivity index is 2.19. The van der Waals surface area contributed by atoms with Crippen LogP contribution >= 0.6 is 0 Å². The minimum atomic E-state index is -3.18. The number of carbonyl (C=O) groups excluding carboxylic acids is 1. The number of hydroxylamine groups is 1. The highest BCUT2D eigenvalue weighted by atomic mass is 19.3. The third-order valence-corrected chi connectivity index (χ3v) is 3.45. The van der Waals surface area contributed by atoms with Crippen molar-refractivity contribution in [1.29, 1.82) is 5.41 Å². The first-order valence-corrected chi connectivity index (χ1v) is 8.05. The molecule has 0 aliphatic heterocycles. The van der Waals surface area contributed by atoms with Crippen molar-refractivity contribution in [2.24, 2.45) is 0 Å². The Bertz CT molecular complexity index is 850. The van der Waals surface area contributed by atoms with Crippen LogP contribution in [0.4, 0.5) is 8.78 Å². The molecule has 0 aliphatic rings. The van der Waals surface area contributed by atoms with Crippen LogP contribution in [-0.2, 0) is 4.79 Å². The number of nitrogens with one attached hydrogen (secondary N) is 3. The number of rotatable bonds is 8. The predicted octanol–water partition coefficient (Wildman–Crippen LogP) is 4.02. The summed E-state index contributed by atoms with van der Waals surface area (Å²) in [4.78, 5) is 17.0. The fourth-order valence-electron chi connectivity index (χ4n) is 2.06. The molecule has 0 atom stereocenters. The average Bonchev–Trinajstić information content (AvgIpc) is 3.02. The van der Waals surface area contributed by atoms with Crippen LogP contribution in [0.3, 0.4) is 0 Å². The highest BCUT2D eigenvalue weighted by Gasteiger charge is 2.25. The van der Waals surface area contributed by atoms with Gasteiger partial charge in [-0.25, -0.2) is 0 Å². The molecular formula is C18H20F2N4O2. The lowest BCUT2D eigenvalue weighted by Crippen LogP contribution is -2.26. The molecule has 0 saturated carbocycles. The molecule has 6 nitrogen and oxygen atoms in total. The van der Waals surface area contributed by atoms with Crippen molar-refractivity contribution in [3.8, 4) is 5.75 Å². The summed E-state index contributed by atoms with van der Waals surface area (Å²) in [6.07, 6.45) is 8.19. The molecule has 0 radical (unpaired) electrons. The molecule has 8 heteroatoms. The van der Waals surface area contributed by atoms with Crippen LogP contribution in [0.15, 0.2) is 36.6 Å². The molecule has 0 bridgehead atoms. The van der Waals surface area contributed by atoms with E-state index in [4.69, 9.17) is 10.2 Å². The molecule has 1 amide bonds. The number of halogens is 2. The van der Waals surface area contributed by atoms with E-state index >= 15 is 0 Å². The van der Waals surface area contributed by atoms with Crippen molar-refractivity contribution in [2.45, 2.75) is 32.6 Å². The Labute approximate surface area is 149 Å². The number of carbonyl (C=O) groups is 1. The zero-order valence-electron chi connectivity index (χ0n) is 14.5. The number of aromatic nitrogens is 2. The van der Waals surface area contributed by atoms with E-state index < -0.39 is 11.6 Å². The molecule has 0 fully saturated rings. The second-order valence-corrected chi connectivity index (χ2v) is 5.74. The Morgan fingerprint density at radius 1 is 1.42 bits per heavy atom. The van der Waals surface area contributed by atoms with E-state index in [-0.39, 0.29) is 5.91 Å². The maximum atomic E-state index is 12.9. The number of aromatic amines is 1. The Hall–Kier alpha value is -3.03. The number of benzene rings is 1. The van der Waals surface area contributed by atoms with Crippen molar-refractivity contribution >= 4 is 28.6 Å². The summed E-state index contributed by atoms with van der Waals surface area (Å²) in [6, 6.07) is 3.46. The molecule has 1 heterocycles. The summed E-state index contributed by atoms with van der Waals surface area (Å²) in [5.74, 6) is -3.05. The van der Waals surface area contributed by atoms with Crippen LogP contribution in [0.2, 0.25) is 0 Å². The summed E-state index contributed by atoms with van der Waals surface area (Å²) in [7, 11) is 0. The van der Waals surface area contributed by atoms with E-state index in [2.05, 4.69) is 15.7 Å². The molecule has 2 aromatic rings. The summed E-state index contributed by atoms with van der Waals surface area (Å²) >= 11 is 0. The standard InChI is InChI=1S/C18H20F2N4O2/c1-3-6-17(25)24-26-15-10-14-13(11-22-23-14)9-12(15)7-4-5-8-16(21)18(2,19)20/h4-5,7-11,21H,3,6H2,1-2H3,(H,22,23)(H,24,25)/b7-4+,8-5-,21-16?. The lowest BCUT2D eigenvalue weighted by molar-refractivity contribution is -0.127. The first kappa shape index (κ1) is 19.3. The second kappa shape index (κ2) is 8.37. The summed E-state index contributed by atoms with van der Waals surface area (Å²) < 4.78 is 25.9. The molecule has 0 unspecified atom stereocenters. The van der Waals surface area contributed by atoms with Gasteiger partial charge in [-0.3, -0.25) is 15.3 Å². The monoisotopic (exact) mass is 362 g/mol. The molecule has 0 saturated heterocycles. The van der Waals surface area contributed by atoms with E-state index in [0.29, 0.717) is 31.1 Å². The highest BCUT2D eigenvalue weighted by Crippen LogP contribution is 2.25. The number of amides is 1. The number of nitrogens with zero attached hydrogens (tertiary/aromatic N) is 1. The van der Waals surface area contributed by atoms with Crippen molar-refractivity contribution < 1.29 is 18.4 Å². The van der Waals surface area contributed by atoms with Crippen LogP contribution < -0.4 is 10.3 Å². The van der Waals surface area contributed by atoms with Gasteiger partial charge >= 0.3 is 0 Å². The van der Waals surface area contributed by atoms with Gasteiger partial charge in [0.1, 0.15) is 5.71 Å². The van der Waals surface area contributed by atoms with Gasteiger partial charge in [0.15, 0.2) is 5.75 Å². The van der Waals surface area contributed by atoms with Gasteiger partial charge in [-0.2, -0.15) is 19.4 Å². The van der Waals surface area contributed by atoms with E-state index in [0.717, 1.165) is 17.0 Å². The lowest BCUT2D eigenvalue weighted by atomic mass is 10.1. The summed E-state index contributed by atoms with van der Waals surface area (Å²) in [5.41, 5.74) is 2.93. The SMILES string of the molecule is CCCC(=O)NOc1cc2[nH]ncc2cc1/C=C/C=C\C(=N)C(C)(F)F. The highest BCUT2D eigenvalue weighted by molar-refractivity contribution is 5.98. The molecule has 0 aliphatic carbocycles. The number of H-pyrrole nitrogens is 1. The second-order valence-electron chi connectivity index (χ2n) is 5.74. The molecule has 26 heavy (non-hydrogen) atoms. The fraction of sp³-hybridized carbons (Fsp3) is 0.278. The van der Waals surface area contributed by atoms with Crippen molar-refractivity contribution in [3.63, 3.8) is 0 Å². The minimum absolute atomic E-state index is 0.245.